The van der Waals surface area contributed by atoms with Crippen LogP contribution in [0.1, 0.15) is 10.4 Å². The molecule has 1 aliphatic heterocycles. The summed E-state index contributed by atoms with van der Waals surface area (Å²) in [4.78, 5) is 15.2. The molecule has 2 aromatic rings. The van der Waals surface area contributed by atoms with Crippen LogP contribution in [-0.2, 0) is 26.1 Å². The molecule has 0 saturated carbocycles. The first-order valence-corrected chi connectivity index (χ1v) is 10.9. The normalized spacial score (nSPS) is 15.9. The number of morpholine rings is 1. The topological polar surface area (TPSA) is 66.9 Å². The number of thiophene rings is 1. The van der Waals surface area contributed by atoms with Crippen molar-refractivity contribution in [3.63, 3.8) is 0 Å². The van der Waals surface area contributed by atoms with Crippen molar-refractivity contribution in [2.24, 2.45) is 0 Å². The molecule has 0 N–H and O–H groups in total. The molecule has 1 aliphatic rings. The standard InChI is InChI=1S/C19H22N2O4S2/c1-20(15-17-3-2-14-26-17)19(22)9-6-16-4-7-18(8-5-16)27(23,24)21-10-12-25-13-11-21/h2-9,14H,10-13,15H2,1H3/b9-6+. The number of rotatable bonds is 6. The Morgan fingerprint density at radius 2 is 1.93 bits per heavy atom. The van der Waals surface area contributed by atoms with Crippen molar-refractivity contribution in [2.75, 3.05) is 33.4 Å². The van der Waals surface area contributed by atoms with Gasteiger partial charge >= 0.3 is 0 Å². The molecule has 0 unspecified atom stereocenters. The van der Waals surface area contributed by atoms with Crippen LogP contribution in [0.2, 0.25) is 0 Å². The highest BCUT2D eigenvalue weighted by Crippen LogP contribution is 2.18. The monoisotopic (exact) mass is 406 g/mol. The lowest BCUT2D eigenvalue weighted by Gasteiger charge is -2.26. The number of sulfonamides is 1. The van der Waals surface area contributed by atoms with Crippen molar-refractivity contribution in [1.29, 1.82) is 0 Å². The van der Waals surface area contributed by atoms with Gasteiger partial charge in [-0.15, -0.1) is 11.3 Å². The summed E-state index contributed by atoms with van der Waals surface area (Å²) in [5.74, 6) is -0.103. The number of likely N-dealkylation sites (N-methyl/N-ethyl adjacent to an activating group) is 1. The van der Waals surface area contributed by atoms with Crippen LogP contribution in [0.15, 0.2) is 52.7 Å². The van der Waals surface area contributed by atoms with E-state index in [0.29, 0.717) is 32.8 Å². The van der Waals surface area contributed by atoms with Crippen molar-refractivity contribution in [3.05, 3.63) is 58.3 Å². The molecule has 6 nitrogen and oxygen atoms in total. The molecule has 0 aliphatic carbocycles. The molecule has 1 amide bonds. The Balaban J connectivity index is 1.63. The molecule has 27 heavy (non-hydrogen) atoms. The lowest BCUT2D eigenvalue weighted by atomic mass is 10.2. The van der Waals surface area contributed by atoms with Gasteiger partial charge in [0.2, 0.25) is 15.9 Å². The van der Waals surface area contributed by atoms with Gasteiger partial charge in [0, 0.05) is 31.1 Å². The highest BCUT2D eigenvalue weighted by Gasteiger charge is 2.25. The number of carbonyl (C=O) groups is 1. The Hall–Kier alpha value is -2.00. The smallest absolute Gasteiger partial charge is 0.246 e. The summed E-state index contributed by atoms with van der Waals surface area (Å²) in [6.45, 7) is 2.14. The Kier molecular flexibility index (Phi) is 6.43. The fourth-order valence-electron chi connectivity index (χ4n) is 2.70. The van der Waals surface area contributed by atoms with E-state index in [1.54, 1.807) is 53.6 Å². The summed E-state index contributed by atoms with van der Waals surface area (Å²) >= 11 is 1.61. The van der Waals surface area contributed by atoms with Gasteiger partial charge in [-0.05, 0) is 35.2 Å². The number of amides is 1. The van der Waals surface area contributed by atoms with Gasteiger partial charge < -0.3 is 9.64 Å². The molecule has 3 rings (SSSR count). The molecule has 0 radical (unpaired) electrons. The van der Waals surface area contributed by atoms with Gasteiger partial charge in [0.1, 0.15) is 0 Å². The highest BCUT2D eigenvalue weighted by molar-refractivity contribution is 7.89. The van der Waals surface area contributed by atoms with Crippen molar-refractivity contribution < 1.29 is 17.9 Å². The van der Waals surface area contributed by atoms with Crippen LogP contribution in [0.4, 0.5) is 0 Å². The van der Waals surface area contributed by atoms with Crippen molar-refractivity contribution in [3.8, 4) is 0 Å². The molecule has 2 heterocycles. The first kappa shape index (κ1) is 19.8. The van der Waals surface area contributed by atoms with Crippen LogP contribution in [-0.4, -0.2) is 56.9 Å². The van der Waals surface area contributed by atoms with Crippen LogP contribution in [0, 0.1) is 0 Å². The van der Waals surface area contributed by atoms with E-state index in [9.17, 15) is 13.2 Å². The van der Waals surface area contributed by atoms with Gasteiger partial charge in [0.25, 0.3) is 0 Å². The number of hydrogen-bond donors (Lipinski definition) is 0. The quantitative estimate of drug-likeness (QED) is 0.691. The largest absolute Gasteiger partial charge is 0.379 e. The molecule has 1 aromatic carbocycles. The molecular weight excluding hydrogens is 384 g/mol. The van der Waals surface area contributed by atoms with E-state index in [4.69, 9.17) is 4.74 Å². The van der Waals surface area contributed by atoms with E-state index >= 15 is 0 Å². The van der Waals surface area contributed by atoms with Gasteiger partial charge in [-0.1, -0.05) is 18.2 Å². The number of ether oxygens (including phenoxy) is 1. The molecule has 1 saturated heterocycles. The second kappa shape index (κ2) is 8.79. The summed E-state index contributed by atoms with van der Waals surface area (Å²) in [5.41, 5.74) is 0.772. The minimum Gasteiger partial charge on any atom is -0.379 e. The lowest BCUT2D eigenvalue weighted by molar-refractivity contribution is -0.125. The third-order valence-electron chi connectivity index (χ3n) is 4.26. The first-order chi connectivity index (χ1) is 13.0. The summed E-state index contributed by atoms with van der Waals surface area (Å²) in [5, 5.41) is 1.98. The maximum atomic E-state index is 12.6. The van der Waals surface area contributed by atoms with Crippen LogP contribution in [0.5, 0.6) is 0 Å². The van der Waals surface area contributed by atoms with Crippen LogP contribution >= 0.6 is 11.3 Å². The maximum absolute atomic E-state index is 12.6. The highest BCUT2D eigenvalue weighted by atomic mass is 32.2. The summed E-state index contributed by atoms with van der Waals surface area (Å²) in [6.07, 6.45) is 3.19. The SMILES string of the molecule is CN(Cc1cccs1)C(=O)/C=C/c1ccc(S(=O)(=O)N2CCOCC2)cc1. The van der Waals surface area contributed by atoms with Crippen LogP contribution < -0.4 is 0 Å². The van der Waals surface area contributed by atoms with E-state index < -0.39 is 10.0 Å². The zero-order valence-corrected chi connectivity index (χ0v) is 16.7. The average Bonchev–Trinajstić information content (AvgIpc) is 3.20. The van der Waals surface area contributed by atoms with Gasteiger partial charge in [0.15, 0.2) is 0 Å². The zero-order valence-electron chi connectivity index (χ0n) is 15.1. The summed E-state index contributed by atoms with van der Waals surface area (Å²) < 4.78 is 31.8. The molecule has 1 aromatic heterocycles. The number of nitrogens with zero attached hydrogens (tertiary/aromatic N) is 2. The van der Waals surface area contributed by atoms with Crippen LogP contribution in [0.25, 0.3) is 6.08 Å². The zero-order chi connectivity index (χ0) is 19.3. The molecule has 1 fully saturated rings. The molecule has 144 valence electrons. The van der Waals surface area contributed by atoms with Crippen molar-refractivity contribution in [1.82, 2.24) is 9.21 Å². The fourth-order valence-corrected chi connectivity index (χ4v) is 4.86. The predicted octanol–water partition coefficient (Wildman–Crippen LogP) is 2.44. The van der Waals surface area contributed by atoms with Gasteiger partial charge in [0.05, 0.1) is 24.7 Å². The Labute approximate surface area is 163 Å². The van der Waals surface area contributed by atoms with E-state index in [1.807, 2.05) is 17.5 Å². The van der Waals surface area contributed by atoms with Crippen LogP contribution in [0.3, 0.4) is 0 Å². The van der Waals surface area contributed by atoms with Gasteiger partial charge in [-0.2, -0.15) is 4.31 Å². The van der Waals surface area contributed by atoms with Crippen molar-refractivity contribution >= 4 is 33.3 Å². The molecule has 8 heteroatoms. The fraction of sp³-hybridized carbons (Fsp3) is 0.316. The summed E-state index contributed by atoms with van der Waals surface area (Å²) in [7, 11) is -1.74. The van der Waals surface area contributed by atoms with E-state index in [-0.39, 0.29) is 10.8 Å². The number of benzene rings is 1. The third-order valence-corrected chi connectivity index (χ3v) is 7.03. The van der Waals surface area contributed by atoms with E-state index in [1.165, 1.54) is 10.4 Å². The Morgan fingerprint density at radius 1 is 1.22 bits per heavy atom. The summed E-state index contributed by atoms with van der Waals surface area (Å²) in [6, 6.07) is 10.5. The predicted molar refractivity (Wildman–Crippen MR) is 106 cm³/mol. The maximum Gasteiger partial charge on any atom is 0.246 e. The lowest BCUT2D eigenvalue weighted by Crippen LogP contribution is -2.40. The van der Waals surface area contributed by atoms with E-state index in [0.717, 1.165) is 10.4 Å². The molecule has 0 atom stereocenters. The second-order valence-electron chi connectivity index (χ2n) is 6.19. The molecular formula is C19H22N2O4S2. The second-order valence-corrected chi connectivity index (χ2v) is 9.16. The Morgan fingerprint density at radius 3 is 2.56 bits per heavy atom. The third kappa shape index (κ3) is 5.04. The molecule has 0 spiro atoms. The first-order valence-electron chi connectivity index (χ1n) is 8.60. The van der Waals surface area contributed by atoms with Gasteiger partial charge in [-0.3, -0.25) is 4.79 Å². The number of carbonyl (C=O) groups excluding carboxylic acids is 1. The molecule has 0 bridgehead atoms. The van der Waals surface area contributed by atoms with E-state index in [2.05, 4.69) is 0 Å². The minimum absolute atomic E-state index is 0.103. The van der Waals surface area contributed by atoms with Gasteiger partial charge in [-0.25, -0.2) is 8.42 Å². The Bertz CT molecular complexity index is 884. The van der Waals surface area contributed by atoms with Crippen molar-refractivity contribution in [2.45, 2.75) is 11.4 Å². The number of hydrogen-bond acceptors (Lipinski definition) is 5. The minimum atomic E-state index is -3.50. The average molecular weight is 407 g/mol.